The van der Waals surface area contributed by atoms with E-state index >= 15 is 0 Å². The van der Waals surface area contributed by atoms with E-state index in [-0.39, 0.29) is 57.7 Å². The number of hydrogen-bond acceptors (Lipinski definition) is 8. The summed E-state index contributed by atoms with van der Waals surface area (Å²) in [7, 11) is -9.72. The number of carbonyl (C=O) groups excluding carboxylic acids is 4. The van der Waals surface area contributed by atoms with Crippen LogP contribution in [0.25, 0.3) is 10.8 Å². The molecule has 2 amide bonds. The fourth-order valence-electron chi connectivity index (χ4n) is 5.71. The molecule has 0 heterocycles. The maximum absolute atomic E-state index is 13.4. The third kappa shape index (κ3) is 8.44. The van der Waals surface area contributed by atoms with Crippen LogP contribution in [0.2, 0.25) is 0 Å². The SMILES string of the molecule is CC(=O)Cc1cc(C)ccc1C(=O)Cc1cc(C(=O)Nc2cccc(C(=O)Nc3ccc(S(=O)(=O)O)c4cccc(S(=O)(=O)O)c34)c2)ccc1C. The Hall–Kier alpha value is -5.54. The summed E-state index contributed by atoms with van der Waals surface area (Å²) in [5, 5.41) is 4.62. The Bertz CT molecular complexity index is 2490. The second-order valence-electron chi connectivity index (χ2n) is 12.0. The van der Waals surface area contributed by atoms with E-state index in [0.717, 1.165) is 29.3 Å². The van der Waals surface area contributed by atoms with Crippen LogP contribution in [0.1, 0.15) is 60.3 Å². The first-order valence-electron chi connectivity index (χ1n) is 15.4. The lowest BCUT2D eigenvalue weighted by Crippen LogP contribution is -2.16. The van der Waals surface area contributed by atoms with E-state index in [4.69, 9.17) is 0 Å². The van der Waals surface area contributed by atoms with Gasteiger partial charge >= 0.3 is 0 Å². The van der Waals surface area contributed by atoms with Gasteiger partial charge in [-0.25, -0.2) is 0 Å². The van der Waals surface area contributed by atoms with Crippen molar-refractivity contribution < 1.29 is 45.1 Å². The Labute approximate surface area is 294 Å². The molecule has 0 spiro atoms. The van der Waals surface area contributed by atoms with Gasteiger partial charge in [-0.15, -0.1) is 0 Å². The van der Waals surface area contributed by atoms with Gasteiger partial charge in [0.05, 0.1) is 5.69 Å². The maximum atomic E-state index is 13.4. The summed E-state index contributed by atoms with van der Waals surface area (Å²) in [4.78, 5) is 50.5. The monoisotopic (exact) mass is 728 g/mol. The van der Waals surface area contributed by atoms with E-state index in [1.54, 1.807) is 30.3 Å². The third-order valence-corrected chi connectivity index (χ3v) is 9.92. The Morgan fingerprint density at radius 2 is 1.31 bits per heavy atom. The summed E-state index contributed by atoms with van der Waals surface area (Å²) in [5.74, 6) is -1.57. The Kier molecular flexibility index (Phi) is 10.3. The smallest absolute Gasteiger partial charge is 0.295 e. The first-order chi connectivity index (χ1) is 23.9. The van der Waals surface area contributed by atoms with Gasteiger partial charge in [0.15, 0.2) is 5.78 Å². The number of Topliss-reactive ketones (excluding diaryl/α,β-unsaturated/α-hetero) is 2. The Morgan fingerprint density at radius 3 is 2.00 bits per heavy atom. The molecule has 12 nitrogen and oxygen atoms in total. The van der Waals surface area contributed by atoms with Crippen molar-refractivity contribution in [2.24, 2.45) is 0 Å². The van der Waals surface area contributed by atoms with Crippen molar-refractivity contribution in [2.75, 3.05) is 10.6 Å². The second kappa shape index (κ2) is 14.4. The molecule has 5 aromatic carbocycles. The fraction of sp³-hybridized carbons (Fsp3) is 0.135. The molecule has 0 aliphatic rings. The van der Waals surface area contributed by atoms with E-state index in [1.165, 1.54) is 43.3 Å². The fourth-order valence-corrected chi connectivity index (χ4v) is 7.12. The number of ketones is 2. The number of aryl methyl sites for hydroxylation is 2. The number of anilines is 2. The second-order valence-corrected chi connectivity index (χ2v) is 14.8. The number of rotatable bonds is 11. The van der Waals surface area contributed by atoms with Gasteiger partial charge in [0.25, 0.3) is 32.1 Å². The van der Waals surface area contributed by atoms with Crippen molar-refractivity contribution in [3.05, 3.63) is 130 Å². The summed E-state index contributed by atoms with van der Waals surface area (Å²) >= 11 is 0. The van der Waals surface area contributed by atoms with Crippen LogP contribution in [0.5, 0.6) is 0 Å². The lowest BCUT2D eigenvalue weighted by atomic mass is 9.92. The minimum Gasteiger partial charge on any atom is -0.322 e. The predicted octanol–water partition coefficient (Wildman–Crippen LogP) is 6.01. The van der Waals surface area contributed by atoms with Gasteiger partial charge in [-0.05, 0) is 86.0 Å². The van der Waals surface area contributed by atoms with Crippen LogP contribution >= 0.6 is 0 Å². The Morgan fingerprint density at radius 1 is 0.647 bits per heavy atom. The van der Waals surface area contributed by atoms with E-state index in [1.807, 2.05) is 19.9 Å². The molecule has 0 saturated carbocycles. The average Bonchev–Trinajstić information content (AvgIpc) is 3.04. The molecule has 0 aliphatic heterocycles. The van der Waals surface area contributed by atoms with Crippen LogP contribution in [0.3, 0.4) is 0 Å². The molecule has 262 valence electrons. The molecule has 0 bridgehead atoms. The van der Waals surface area contributed by atoms with Gasteiger partial charge in [-0.1, -0.05) is 48.0 Å². The summed E-state index contributed by atoms with van der Waals surface area (Å²) < 4.78 is 67.8. The van der Waals surface area contributed by atoms with Crippen molar-refractivity contribution in [2.45, 2.75) is 43.4 Å². The standard InChI is InChI=1S/C37H32N2O10S2/c1-21-10-13-29(27(16-21)17-23(3)40)32(41)20-26-18-25(12-11-22(26)2)36(42)38-28-7-4-6-24(19-28)37(43)39-31-14-15-33(50(44,45)46)30-8-5-9-34(35(30)31)51(47,48)49/h4-16,18-19H,17,20H2,1-3H3,(H,38,42)(H,39,43)(H,44,45,46)(H,47,48,49). The molecular formula is C37H32N2O10S2. The highest BCUT2D eigenvalue weighted by molar-refractivity contribution is 7.86. The molecule has 0 unspecified atom stereocenters. The highest BCUT2D eigenvalue weighted by atomic mass is 32.2. The molecule has 0 aliphatic carbocycles. The number of benzene rings is 5. The number of nitrogens with one attached hydrogen (secondary N) is 2. The van der Waals surface area contributed by atoms with Gasteiger partial charge in [-0.3, -0.25) is 28.3 Å². The summed E-state index contributed by atoms with van der Waals surface area (Å²) in [5.41, 5.74) is 3.73. The first-order valence-corrected chi connectivity index (χ1v) is 18.3. The number of fused-ring (bicyclic) bond motifs is 1. The van der Waals surface area contributed by atoms with Crippen molar-refractivity contribution in [3.8, 4) is 0 Å². The van der Waals surface area contributed by atoms with Crippen LogP contribution in [0.4, 0.5) is 11.4 Å². The topological polar surface area (TPSA) is 201 Å². The molecule has 4 N–H and O–H groups in total. The van der Waals surface area contributed by atoms with Crippen molar-refractivity contribution in [1.82, 2.24) is 0 Å². The van der Waals surface area contributed by atoms with Crippen molar-refractivity contribution in [3.63, 3.8) is 0 Å². The lowest BCUT2D eigenvalue weighted by Gasteiger charge is -2.14. The van der Waals surface area contributed by atoms with Crippen molar-refractivity contribution in [1.29, 1.82) is 0 Å². The zero-order valence-corrected chi connectivity index (χ0v) is 29.2. The minimum atomic E-state index is -4.90. The van der Waals surface area contributed by atoms with Gasteiger partial charge in [0.1, 0.15) is 15.6 Å². The van der Waals surface area contributed by atoms with E-state index < -0.39 is 41.8 Å². The highest BCUT2D eigenvalue weighted by Crippen LogP contribution is 2.35. The normalized spacial score (nSPS) is 11.6. The zero-order chi connectivity index (χ0) is 37.2. The van der Waals surface area contributed by atoms with E-state index in [9.17, 15) is 45.1 Å². The molecule has 0 fully saturated rings. The van der Waals surface area contributed by atoms with Crippen LogP contribution in [-0.2, 0) is 37.9 Å². The van der Waals surface area contributed by atoms with Gasteiger partial charge < -0.3 is 10.6 Å². The highest BCUT2D eigenvalue weighted by Gasteiger charge is 2.24. The molecule has 0 radical (unpaired) electrons. The quantitative estimate of drug-likeness (QED) is 0.0922. The van der Waals surface area contributed by atoms with E-state index in [2.05, 4.69) is 10.6 Å². The maximum Gasteiger partial charge on any atom is 0.295 e. The van der Waals surface area contributed by atoms with Crippen LogP contribution in [0.15, 0.2) is 101 Å². The summed E-state index contributed by atoms with van der Waals surface area (Å²) in [6, 6.07) is 21.5. The number of hydrogen-bond donors (Lipinski definition) is 4. The van der Waals surface area contributed by atoms with Crippen LogP contribution < -0.4 is 10.6 Å². The first kappa shape index (κ1) is 36.7. The van der Waals surface area contributed by atoms with Crippen LogP contribution in [0, 0.1) is 13.8 Å². The van der Waals surface area contributed by atoms with E-state index in [0.29, 0.717) is 16.7 Å². The molecule has 14 heteroatoms. The number of carbonyl (C=O) groups is 4. The lowest BCUT2D eigenvalue weighted by molar-refractivity contribution is -0.116. The molecule has 5 rings (SSSR count). The number of amides is 2. The largest absolute Gasteiger partial charge is 0.322 e. The van der Waals surface area contributed by atoms with Gasteiger partial charge in [0, 0.05) is 46.0 Å². The average molecular weight is 729 g/mol. The zero-order valence-electron chi connectivity index (χ0n) is 27.6. The van der Waals surface area contributed by atoms with Gasteiger partial charge in [-0.2, -0.15) is 16.8 Å². The minimum absolute atomic E-state index is 0.00420. The Balaban J connectivity index is 1.38. The molecule has 0 aromatic heterocycles. The van der Waals surface area contributed by atoms with Crippen LogP contribution in [-0.4, -0.2) is 49.3 Å². The summed E-state index contributed by atoms with van der Waals surface area (Å²) in [6.07, 6.45) is 0.125. The van der Waals surface area contributed by atoms with Crippen molar-refractivity contribution >= 4 is 65.8 Å². The third-order valence-electron chi connectivity index (χ3n) is 8.11. The van der Waals surface area contributed by atoms with Gasteiger partial charge in [0.2, 0.25) is 0 Å². The molecule has 0 atom stereocenters. The molecule has 51 heavy (non-hydrogen) atoms. The molecule has 0 saturated heterocycles. The predicted molar refractivity (Wildman–Crippen MR) is 191 cm³/mol. The molecule has 5 aromatic rings. The molecular weight excluding hydrogens is 697 g/mol. The summed E-state index contributed by atoms with van der Waals surface area (Å²) in [6.45, 7) is 5.16.